The first-order valence-electron chi connectivity index (χ1n) is 10.9. The van der Waals surface area contributed by atoms with Crippen LogP contribution in [-0.4, -0.2) is 30.5 Å². The molecule has 0 spiro atoms. The van der Waals surface area contributed by atoms with Crippen molar-refractivity contribution in [3.05, 3.63) is 76.9 Å². The maximum Gasteiger partial charge on any atom is 0.265 e. The van der Waals surface area contributed by atoms with Gasteiger partial charge in [0.25, 0.3) is 20.0 Å². The number of ether oxygens (including phenoxy) is 1. The van der Waals surface area contributed by atoms with Crippen molar-refractivity contribution in [1.82, 2.24) is 0 Å². The van der Waals surface area contributed by atoms with Gasteiger partial charge in [0.1, 0.15) is 10.6 Å². The molecule has 0 saturated heterocycles. The van der Waals surface area contributed by atoms with Crippen LogP contribution in [0.4, 0.5) is 11.4 Å². The van der Waals surface area contributed by atoms with Crippen molar-refractivity contribution < 1.29 is 21.6 Å². The second-order valence-corrected chi connectivity index (χ2v) is 12.0. The second kappa shape index (κ2) is 8.96. The van der Waals surface area contributed by atoms with E-state index in [-0.39, 0.29) is 15.5 Å². The fraction of sp³-hybridized carbons (Fsp3) is 0.280. The number of aryl methyl sites for hydroxylation is 4. The van der Waals surface area contributed by atoms with E-state index in [2.05, 4.69) is 4.72 Å². The van der Waals surface area contributed by atoms with Crippen molar-refractivity contribution in [2.24, 2.45) is 0 Å². The van der Waals surface area contributed by atoms with Gasteiger partial charge < -0.3 is 4.74 Å². The Labute approximate surface area is 201 Å². The summed E-state index contributed by atoms with van der Waals surface area (Å²) in [5, 5.41) is 0. The fourth-order valence-corrected chi connectivity index (χ4v) is 6.88. The summed E-state index contributed by atoms with van der Waals surface area (Å²) in [5.41, 5.74) is 4.46. The first-order valence-corrected chi connectivity index (χ1v) is 13.9. The largest absolute Gasteiger partial charge is 0.495 e. The SMILES string of the molecule is COc1cc(C)c(C)cc1S(=O)(=O)Nc1ccc2c(c1)CCCN2S(=O)(=O)c1ccc(C)cc1. The number of nitrogens with one attached hydrogen (secondary N) is 1. The monoisotopic (exact) mass is 500 g/mol. The van der Waals surface area contributed by atoms with Gasteiger partial charge in [-0.15, -0.1) is 0 Å². The molecule has 0 atom stereocenters. The summed E-state index contributed by atoms with van der Waals surface area (Å²) in [6.45, 7) is 6.01. The Morgan fingerprint density at radius 1 is 0.882 bits per heavy atom. The third kappa shape index (κ3) is 4.50. The molecule has 0 aromatic heterocycles. The number of hydrogen-bond donors (Lipinski definition) is 1. The summed E-state index contributed by atoms with van der Waals surface area (Å²) in [6, 6.07) is 15.0. The first kappa shape index (κ1) is 24.1. The van der Waals surface area contributed by atoms with Crippen molar-refractivity contribution >= 4 is 31.4 Å². The standard InChI is InChI=1S/C25H28N2O5S2/c1-17-7-10-22(11-8-17)34(30,31)27-13-5-6-20-16-21(9-12-23(20)27)26-33(28,29)25-15-19(3)18(2)14-24(25)32-4/h7-12,14-16,26H,5-6,13H2,1-4H3. The molecule has 3 aromatic rings. The lowest BCUT2D eigenvalue weighted by Gasteiger charge is -2.31. The molecule has 7 nitrogen and oxygen atoms in total. The van der Waals surface area contributed by atoms with Crippen LogP contribution in [0, 0.1) is 20.8 Å². The van der Waals surface area contributed by atoms with Crippen LogP contribution in [0.1, 0.15) is 28.7 Å². The zero-order valence-corrected chi connectivity index (χ0v) is 21.3. The quantitative estimate of drug-likeness (QED) is 0.536. The van der Waals surface area contributed by atoms with Crippen LogP contribution < -0.4 is 13.8 Å². The van der Waals surface area contributed by atoms with E-state index in [4.69, 9.17) is 4.74 Å². The summed E-state index contributed by atoms with van der Waals surface area (Å²) < 4.78 is 62.2. The molecule has 180 valence electrons. The number of rotatable bonds is 6. The van der Waals surface area contributed by atoms with E-state index in [9.17, 15) is 16.8 Å². The first-order chi connectivity index (χ1) is 16.0. The van der Waals surface area contributed by atoms with Gasteiger partial charge >= 0.3 is 0 Å². The van der Waals surface area contributed by atoms with E-state index in [0.717, 1.165) is 22.3 Å². The topological polar surface area (TPSA) is 92.8 Å². The molecule has 0 fully saturated rings. The highest BCUT2D eigenvalue weighted by Crippen LogP contribution is 2.35. The van der Waals surface area contributed by atoms with Gasteiger partial charge in [-0.25, -0.2) is 16.8 Å². The molecule has 4 rings (SSSR count). The van der Waals surface area contributed by atoms with Gasteiger partial charge in [-0.05, 0) is 92.8 Å². The van der Waals surface area contributed by atoms with E-state index in [1.54, 1.807) is 54.6 Å². The number of benzene rings is 3. The lowest BCUT2D eigenvalue weighted by atomic mass is 10.0. The lowest BCUT2D eigenvalue weighted by Crippen LogP contribution is -2.35. The number of anilines is 2. The zero-order chi connectivity index (χ0) is 24.7. The van der Waals surface area contributed by atoms with E-state index in [0.29, 0.717) is 30.8 Å². The van der Waals surface area contributed by atoms with E-state index >= 15 is 0 Å². The second-order valence-electron chi connectivity index (χ2n) is 8.53. The highest BCUT2D eigenvalue weighted by Gasteiger charge is 2.29. The van der Waals surface area contributed by atoms with Crippen LogP contribution >= 0.6 is 0 Å². The predicted molar refractivity (Wildman–Crippen MR) is 134 cm³/mol. The Hall–Kier alpha value is -3.04. The van der Waals surface area contributed by atoms with E-state index in [1.807, 2.05) is 20.8 Å². The Morgan fingerprint density at radius 3 is 2.24 bits per heavy atom. The minimum Gasteiger partial charge on any atom is -0.495 e. The summed E-state index contributed by atoms with van der Waals surface area (Å²) in [6.07, 6.45) is 1.29. The lowest BCUT2D eigenvalue weighted by molar-refractivity contribution is 0.402. The molecule has 9 heteroatoms. The molecular formula is C25H28N2O5S2. The van der Waals surface area contributed by atoms with Gasteiger partial charge in [0, 0.05) is 12.2 Å². The molecule has 0 radical (unpaired) electrons. The number of fused-ring (bicyclic) bond motifs is 1. The normalized spacial score (nSPS) is 13.9. The molecule has 0 bridgehead atoms. The zero-order valence-electron chi connectivity index (χ0n) is 19.6. The van der Waals surface area contributed by atoms with E-state index in [1.165, 1.54) is 11.4 Å². The van der Waals surface area contributed by atoms with Gasteiger partial charge in [0.05, 0.1) is 17.7 Å². The summed E-state index contributed by atoms with van der Waals surface area (Å²) in [7, 11) is -6.21. The molecule has 0 saturated carbocycles. The van der Waals surface area contributed by atoms with Crippen molar-refractivity contribution in [2.45, 2.75) is 43.4 Å². The van der Waals surface area contributed by atoms with Gasteiger partial charge in [-0.1, -0.05) is 17.7 Å². The highest BCUT2D eigenvalue weighted by atomic mass is 32.2. The summed E-state index contributed by atoms with van der Waals surface area (Å²) in [4.78, 5) is 0.289. The average molecular weight is 501 g/mol. The molecule has 1 N–H and O–H groups in total. The number of nitrogens with zero attached hydrogens (tertiary/aromatic N) is 1. The third-order valence-electron chi connectivity index (χ3n) is 6.09. The van der Waals surface area contributed by atoms with Gasteiger partial charge in [0.15, 0.2) is 0 Å². The number of sulfonamides is 2. The summed E-state index contributed by atoms with van der Waals surface area (Å²) in [5.74, 6) is 0.268. The van der Waals surface area contributed by atoms with Crippen molar-refractivity contribution in [3.63, 3.8) is 0 Å². The molecule has 3 aromatic carbocycles. The molecule has 1 aliphatic rings. The molecular weight excluding hydrogens is 472 g/mol. The average Bonchev–Trinajstić information content (AvgIpc) is 2.80. The molecule has 0 unspecified atom stereocenters. The maximum absolute atomic E-state index is 13.3. The third-order valence-corrected chi connectivity index (χ3v) is 9.32. The molecule has 0 aliphatic carbocycles. The summed E-state index contributed by atoms with van der Waals surface area (Å²) >= 11 is 0. The van der Waals surface area contributed by atoms with Gasteiger partial charge in [-0.3, -0.25) is 9.03 Å². The van der Waals surface area contributed by atoms with Crippen LogP contribution in [0.2, 0.25) is 0 Å². The number of methoxy groups -OCH3 is 1. The Morgan fingerprint density at radius 2 is 1.56 bits per heavy atom. The van der Waals surface area contributed by atoms with E-state index < -0.39 is 20.0 Å². The molecule has 34 heavy (non-hydrogen) atoms. The Kier molecular flexibility index (Phi) is 6.35. The van der Waals surface area contributed by atoms with Crippen LogP contribution in [0.3, 0.4) is 0 Å². The number of hydrogen-bond acceptors (Lipinski definition) is 5. The minimum absolute atomic E-state index is 0.0550. The maximum atomic E-state index is 13.3. The molecule has 1 heterocycles. The Balaban J connectivity index is 1.67. The van der Waals surface area contributed by atoms with Crippen LogP contribution in [0.15, 0.2) is 64.4 Å². The molecule has 0 amide bonds. The van der Waals surface area contributed by atoms with Gasteiger partial charge in [0.2, 0.25) is 0 Å². The van der Waals surface area contributed by atoms with Crippen molar-refractivity contribution in [3.8, 4) is 5.75 Å². The Bertz CT molecular complexity index is 1450. The van der Waals surface area contributed by atoms with Crippen molar-refractivity contribution in [1.29, 1.82) is 0 Å². The smallest absolute Gasteiger partial charge is 0.265 e. The van der Waals surface area contributed by atoms with Crippen molar-refractivity contribution in [2.75, 3.05) is 22.7 Å². The van der Waals surface area contributed by atoms with Gasteiger partial charge in [-0.2, -0.15) is 0 Å². The molecule has 1 aliphatic heterocycles. The fourth-order valence-electron chi connectivity index (χ4n) is 4.06. The minimum atomic E-state index is -3.92. The predicted octanol–water partition coefficient (Wildman–Crippen LogP) is 4.56. The highest BCUT2D eigenvalue weighted by molar-refractivity contribution is 7.93. The van der Waals surface area contributed by atoms with Crippen LogP contribution in [0.5, 0.6) is 5.75 Å². The van der Waals surface area contributed by atoms with Crippen LogP contribution in [-0.2, 0) is 26.5 Å². The van der Waals surface area contributed by atoms with Crippen LogP contribution in [0.25, 0.3) is 0 Å².